The fourth-order valence-electron chi connectivity index (χ4n) is 4.56. The van der Waals surface area contributed by atoms with E-state index in [2.05, 4.69) is 41.5 Å². The van der Waals surface area contributed by atoms with E-state index in [4.69, 9.17) is 9.16 Å². The Morgan fingerprint density at radius 2 is 1.33 bits per heavy atom. The molecule has 0 aromatic carbocycles. The van der Waals surface area contributed by atoms with Crippen molar-refractivity contribution in [3.63, 3.8) is 0 Å². The lowest BCUT2D eigenvalue weighted by molar-refractivity contribution is -0.170. The molecule has 1 aliphatic heterocycles. The number of likely N-dealkylation sites (tertiary alicyclic amines) is 1. The highest BCUT2D eigenvalue weighted by molar-refractivity contribution is 6.77. The molecule has 0 aliphatic carbocycles. The van der Waals surface area contributed by atoms with Crippen molar-refractivity contribution in [2.75, 3.05) is 0 Å². The summed E-state index contributed by atoms with van der Waals surface area (Å²) in [5.74, 6) is -0.261. The van der Waals surface area contributed by atoms with Crippen molar-refractivity contribution >= 4 is 20.3 Å². The zero-order valence-corrected chi connectivity index (χ0v) is 20.5. The highest BCUT2D eigenvalue weighted by atomic mass is 28.4. The number of amides is 2. The molecule has 1 rings (SSSR count). The van der Waals surface area contributed by atoms with Gasteiger partial charge >= 0.3 is 6.09 Å². The standard InChI is InChI=1S/C21H41NO4Si/c1-13(2)27(14(3)4,15(5)6)26-16-17(20(7,8)9)22(18(16)23)19(24)25-21(10,11)12/h13-17H,1-12H3/t16-,17-/m1/s1. The topological polar surface area (TPSA) is 55.8 Å². The smallest absolute Gasteiger partial charge is 0.417 e. The number of hydrogen-bond donors (Lipinski definition) is 0. The minimum Gasteiger partial charge on any atom is -0.443 e. The van der Waals surface area contributed by atoms with E-state index in [1.165, 1.54) is 4.90 Å². The Morgan fingerprint density at radius 1 is 0.926 bits per heavy atom. The first kappa shape index (κ1) is 24.2. The maximum Gasteiger partial charge on any atom is 0.417 e. The van der Waals surface area contributed by atoms with Crippen molar-refractivity contribution in [3.8, 4) is 0 Å². The molecule has 0 unspecified atom stereocenters. The van der Waals surface area contributed by atoms with Crippen molar-refractivity contribution in [2.24, 2.45) is 5.41 Å². The van der Waals surface area contributed by atoms with Crippen LogP contribution in [0.2, 0.25) is 16.6 Å². The molecule has 1 aliphatic rings. The SMILES string of the molecule is CC(C)[Si](O[C@H]1C(=O)N(C(=O)OC(C)(C)C)[C@H]1C(C)(C)C)(C(C)C)C(C)C. The summed E-state index contributed by atoms with van der Waals surface area (Å²) in [5.41, 5.74) is 0.197. The highest BCUT2D eigenvalue weighted by Gasteiger charge is 2.61. The summed E-state index contributed by atoms with van der Waals surface area (Å²) in [5, 5.41) is 0. The number of hydrogen-bond acceptors (Lipinski definition) is 4. The Morgan fingerprint density at radius 3 is 1.63 bits per heavy atom. The van der Waals surface area contributed by atoms with Gasteiger partial charge in [-0.3, -0.25) is 4.79 Å². The van der Waals surface area contributed by atoms with Crippen molar-refractivity contribution in [3.05, 3.63) is 0 Å². The molecule has 1 fully saturated rings. The van der Waals surface area contributed by atoms with Crippen LogP contribution in [0.1, 0.15) is 83.1 Å². The van der Waals surface area contributed by atoms with Gasteiger partial charge in [0.15, 0.2) is 0 Å². The van der Waals surface area contributed by atoms with Crippen LogP contribution >= 0.6 is 0 Å². The Bertz CT molecular complexity index is 536. The molecule has 0 radical (unpaired) electrons. The van der Waals surface area contributed by atoms with E-state index in [0.717, 1.165) is 0 Å². The second-order valence-electron chi connectivity index (χ2n) is 10.9. The lowest BCUT2D eigenvalue weighted by Crippen LogP contribution is -2.74. The van der Waals surface area contributed by atoms with E-state index in [1.807, 2.05) is 41.5 Å². The third-order valence-electron chi connectivity index (χ3n) is 5.56. The number of rotatable bonds is 5. The predicted molar refractivity (Wildman–Crippen MR) is 112 cm³/mol. The Balaban J connectivity index is 3.24. The molecule has 1 heterocycles. The fourth-order valence-corrected chi connectivity index (χ4v) is 10.0. The Labute approximate surface area is 167 Å². The molecule has 1 saturated heterocycles. The van der Waals surface area contributed by atoms with Crippen molar-refractivity contribution in [2.45, 2.75) is 117 Å². The number of carbonyl (C=O) groups is 2. The molecule has 0 N–H and O–H groups in total. The van der Waals surface area contributed by atoms with E-state index in [1.54, 1.807) is 0 Å². The van der Waals surface area contributed by atoms with Gasteiger partial charge in [0.25, 0.3) is 5.91 Å². The van der Waals surface area contributed by atoms with Crippen LogP contribution in [0.25, 0.3) is 0 Å². The summed E-state index contributed by atoms with van der Waals surface area (Å²) in [6.45, 7) is 24.8. The minimum absolute atomic E-state index is 0.261. The van der Waals surface area contributed by atoms with Crippen LogP contribution in [0, 0.1) is 5.41 Å². The lowest BCUT2D eigenvalue weighted by Gasteiger charge is -2.55. The van der Waals surface area contributed by atoms with Crippen LogP contribution in [0.4, 0.5) is 4.79 Å². The first-order valence-electron chi connectivity index (χ1n) is 10.2. The number of β-lactam (4-membered cyclic amide) rings is 1. The summed E-state index contributed by atoms with van der Waals surface area (Å²) >= 11 is 0. The minimum atomic E-state index is -2.23. The molecule has 0 bridgehead atoms. The zero-order valence-electron chi connectivity index (χ0n) is 19.5. The normalized spacial score (nSPS) is 21.9. The molecular weight excluding hydrogens is 358 g/mol. The summed E-state index contributed by atoms with van der Waals surface area (Å²) in [6.07, 6.45) is -1.14. The maximum absolute atomic E-state index is 13.0. The van der Waals surface area contributed by atoms with E-state index < -0.39 is 26.1 Å². The van der Waals surface area contributed by atoms with Crippen LogP contribution in [-0.2, 0) is 14.0 Å². The number of imide groups is 1. The first-order chi connectivity index (χ1) is 12.0. The van der Waals surface area contributed by atoms with Gasteiger partial charge in [-0.1, -0.05) is 62.3 Å². The van der Waals surface area contributed by atoms with Crippen molar-refractivity contribution < 1.29 is 18.8 Å². The molecule has 6 heteroatoms. The molecular formula is C21H41NO4Si. The average Bonchev–Trinajstić information content (AvgIpc) is 2.40. The van der Waals surface area contributed by atoms with Gasteiger partial charge in [-0.05, 0) is 42.8 Å². The van der Waals surface area contributed by atoms with E-state index in [9.17, 15) is 9.59 Å². The number of ether oxygens (including phenoxy) is 1. The lowest BCUT2D eigenvalue weighted by atomic mass is 9.77. The average molecular weight is 400 g/mol. The van der Waals surface area contributed by atoms with Gasteiger partial charge in [0.2, 0.25) is 8.32 Å². The summed E-state index contributed by atoms with van der Waals surface area (Å²) in [4.78, 5) is 26.9. The van der Waals surface area contributed by atoms with Crippen LogP contribution in [0.3, 0.4) is 0 Å². The predicted octanol–water partition coefficient (Wildman–Crippen LogP) is 5.74. The van der Waals surface area contributed by atoms with Crippen LogP contribution in [0.15, 0.2) is 0 Å². The Kier molecular flexibility index (Phi) is 7.03. The van der Waals surface area contributed by atoms with E-state index in [0.29, 0.717) is 16.6 Å². The van der Waals surface area contributed by atoms with Crippen LogP contribution in [-0.4, -0.2) is 43.0 Å². The third-order valence-corrected chi connectivity index (χ3v) is 11.6. The molecule has 0 aromatic rings. The number of nitrogens with zero attached hydrogens (tertiary/aromatic N) is 1. The summed E-state index contributed by atoms with van der Waals surface area (Å²) < 4.78 is 12.2. The van der Waals surface area contributed by atoms with Gasteiger partial charge in [-0.25, -0.2) is 9.69 Å². The second kappa shape index (κ2) is 7.86. The quantitative estimate of drug-likeness (QED) is 0.437. The highest BCUT2D eigenvalue weighted by Crippen LogP contribution is 2.47. The van der Waals surface area contributed by atoms with Gasteiger partial charge in [0, 0.05) is 0 Å². The van der Waals surface area contributed by atoms with Gasteiger partial charge < -0.3 is 9.16 Å². The van der Waals surface area contributed by atoms with Crippen LogP contribution < -0.4 is 0 Å². The third kappa shape index (κ3) is 4.76. The van der Waals surface area contributed by atoms with Gasteiger partial charge in [0.05, 0.1) is 6.04 Å². The largest absolute Gasteiger partial charge is 0.443 e. The van der Waals surface area contributed by atoms with Gasteiger partial charge in [0.1, 0.15) is 11.7 Å². The monoisotopic (exact) mass is 399 g/mol. The first-order valence-corrected chi connectivity index (χ1v) is 12.3. The van der Waals surface area contributed by atoms with Crippen molar-refractivity contribution in [1.29, 1.82) is 0 Å². The molecule has 158 valence electrons. The molecule has 5 nitrogen and oxygen atoms in total. The molecule has 0 spiro atoms. The molecule has 2 amide bonds. The van der Waals surface area contributed by atoms with Crippen LogP contribution in [0.5, 0.6) is 0 Å². The van der Waals surface area contributed by atoms with E-state index >= 15 is 0 Å². The van der Waals surface area contributed by atoms with Gasteiger partial charge in [-0.2, -0.15) is 0 Å². The summed E-state index contributed by atoms with van der Waals surface area (Å²) in [7, 11) is -2.23. The van der Waals surface area contributed by atoms with Gasteiger partial charge in [-0.15, -0.1) is 0 Å². The zero-order chi connectivity index (χ0) is 21.5. The molecule has 2 atom stereocenters. The second-order valence-corrected chi connectivity index (χ2v) is 16.3. The van der Waals surface area contributed by atoms with E-state index in [-0.39, 0.29) is 17.4 Å². The molecule has 0 saturated carbocycles. The Hall–Kier alpha value is -0.883. The molecule has 0 aromatic heterocycles. The fraction of sp³-hybridized carbons (Fsp3) is 0.905. The number of carbonyl (C=O) groups excluding carboxylic acids is 2. The maximum atomic E-state index is 13.0. The molecule has 27 heavy (non-hydrogen) atoms. The van der Waals surface area contributed by atoms with Crippen molar-refractivity contribution in [1.82, 2.24) is 4.90 Å². The summed E-state index contributed by atoms with van der Waals surface area (Å²) in [6, 6.07) is -0.317.